The topological polar surface area (TPSA) is 131 Å². The summed E-state index contributed by atoms with van der Waals surface area (Å²) in [5.41, 5.74) is 7.04. The van der Waals surface area contributed by atoms with Crippen LogP contribution in [0.2, 0.25) is 5.02 Å². The van der Waals surface area contributed by atoms with Gasteiger partial charge in [0, 0.05) is 37.1 Å². The van der Waals surface area contributed by atoms with Crippen LogP contribution in [0.1, 0.15) is 39.2 Å². The van der Waals surface area contributed by atoms with Gasteiger partial charge in [-0.2, -0.15) is 0 Å². The fourth-order valence-corrected chi connectivity index (χ4v) is 5.07. The molecule has 1 aromatic heterocycles. The number of rotatable bonds is 6. The fraction of sp³-hybridized carbons (Fsp3) is 0.407. The van der Waals surface area contributed by atoms with E-state index in [2.05, 4.69) is 10.6 Å². The summed E-state index contributed by atoms with van der Waals surface area (Å²) in [6.07, 6.45) is 2.56. The molecule has 2 heterocycles. The van der Waals surface area contributed by atoms with Gasteiger partial charge in [0.1, 0.15) is 0 Å². The number of nitrogens with two attached hydrogens (primary N) is 1. The Morgan fingerprint density at radius 2 is 1.76 bits per heavy atom. The van der Waals surface area contributed by atoms with Crippen LogP contribution in [0.4, 0.5) is 21.9 Å². The van der Waals surface area contributed by atoms with Crippen molar-refractivity contribution < 1.29 is 9.59 Å². The van der Waals surface area contributed by atoms with Crippen LogP contribution >= 0.6 is 11.6 Å². The first-order chi connectivity index (χ1) is 18.1. The first-order valence-electron chi connectivity index (χ1n) is 12.8. The third kappa shape index (κ3) is 5.13. The number of halogens is 1. The maximum Gasteiger partial charge on any atom is 0.331 e. The number of fused-ring (bicyclic) bond motifs is 1. The molecular weight excluding hydrogens is 508 g/mol. The number of nitrogens with one attached hydrogen (secondary N) is 2. The summed E-state index contributed by atoms with van der Waals surface area (Å²) >= 11 is 6.03. The molecule has 2 aliphatic rings. The van der Waals surface area contributed by atoms with Crippen molar-refractivity contribution in [2.24, 2.45) is 11.8 Å². The van der Waals surface area contributed by atoms with E-state index < -0.39 is 0 Å². The number of carbonyl (C=O) groups excluding carboxylic acids is 2. The van der Waals surface area contributed by atoms with Crippen molar-refractivity contribution in [1.82, 2.24) is 14.0 Å². The smallest absolute Gasteiger partial charge is 0.331 e. The molecule has 200 valence electrons. The van der Waals surface area contributed by atoms with Crippen LogP contribution in [0, 0.1) is 11.8 Å². The summed E-state index contributed by atoms with van der Waals surface area (Å²) in [4.78, 5) is 53.7. The number of aromatic nitrogens is 2. The average molecular weight is 539 g/mol. The summed E-state index contributed by atoms with van der Waals surface area (Å²) in [6.45, 7) is 4.90. The Bertz CT molecular complexity index is 1540. The van der Waals surface area contributed by atoms with Gasteiger partial charge in [-0.15, -0.1) is 0 Å². The number of hydrogen-bond acceptors (Lipinski definition) is 5. The highest BCUT2D eigenvalue weighted by molar-refractivity contribution is 6.33. The van der Waals surface area contributed by atoms with Crippen LogP contribution in [-0.2, 0) is 11.3 Å². The molecule has 1 aliphatic carbocycles. The number of likely N-dealkylation sites (tertiary alicyclic amines) is 1. The number of amides is 3. The fourth-order valence-electron chi connectivity index (χ4n) is 4.89. The van der Waals surface area contributed by atoms with E-state index in [1.807, 2.05) is 13.8 Å². The zero-order valence-electron chi connectivity index (χ0n) is 21.4. The number of benzene rings is 2. The van der Waals surface area contributed by atoms with E-state index in [1.165, 1.54) is 4.57 Å². The molecule has 4 N–H and O–H groups in total. The Balaban J connectivity index is 1.31. The second kappa shape index (κ2) is 10.2. The van der Waals surface area contributed by atoms with Gasteiger partial charge in [0.05, 0.1) is 27.5 Å². The Labute approximate surface area is 224 Å². The van der Waals surface area contributed by atoms with Gasteiger partial charge >= 0.3 is 11.7 Å². The Kier molecular flexibility index (Phi) is 6.92. The van der Waals surface area contributed by atoms with Crippen LogP contribution in [0.5, 0.6) is 0 Å². The van der Waals surface area contributed by atoms with Crippen molar-refractivity contribution in [2.75, 3.05) is 29.5 Å². The zero-order chi connectivity index (χ0) is 27.1. The molecule has 2 aromatic carbocycles. The first kappa shape index (κ1) is 25.8. The van der Waals surface area contributed by atoms with Crippen molar-refractivity contribution in [1.29, 1.82) is 0 Å². The van der Waals surface area contributed by atoms with Crippen molar-refractivity contribution in [3.8, 4) is 0 Å². The second-order valence-electron chi connectivity index (χ2n) is 10.4. The highest BCUT2D eigenvalue weighted by Gasteiger charge is 2.31. The van der Waals surface area contributed by atoms with Gasteiger partial charge in [0.25, 0.3) is 5.56 Å². The molecule has 0 bridgehead atoms. The van der Waals surface area contributed by atoms with E-state index in [4.69, 9.17) is 17.3 Å². The molecule has 3 aromatic rings. The highest BCUT2D eigenvalue weighted by Crippen LogP contribution is 2.30. The SMILES string of the molecule is CC(C)n1c(=O)n(CC2CC2)c(=O)c2cc(NC(=O)N3CCC(C(=O)Nc4ccc(N)c(Cl)c4)C3)ccc21. The Morgan fingerprint density at radius 3 is 2.45 bits per heavy atom. The number of nitrogen functional groups attached to an aromatic ring is 1. The standard InChI is InChI=1S/C27H31ClN6O4/c1-15(2)34-23-8-6-18(11-20(23)25(36)33(27(34)38)13-16-3-4-16)31-26(37)32-10-9-17(14-32)24(35)30-19-5-7-22(29)21(28)12-19/h5-8,11-12,15-17H,3-4,9-10,13-14,29H2,1-2H3,(H,30,35)(H,31,37). The number of hydrogen-bond donors (Lipinski definition) is 3. The maximum atomic E-state index is 13.3. The normalized spacial score (nSPS) is 17.3. The summed E-state index contributed by atoms with van der Waals surface area (Å²) in [6, 6.07) is 9.42. The van der Waals surface area contributed by atoms with E-state index >= 15 is 0 Å². The molecule has 3 amide bonds. The average Bonchev–Trinajstić information content (AvgIpc) is 3.55. The summed E-state index contributed by atoms with van der Waals surface area (Å²) in [7, 11) is 0. The minimum atomic E-state index is -0.371. The van der Waals surface area contributed by atoms with Gasteiger partial charge in [0.15, 0.2) is 0 Å². The second-order valence-corrected chi connectivity index (χ2v) is 10.8. The van der Waals surface area contributed by atoms with Crippen LogP contribution < -0.4 is 27.6 Å². The number of carbonyl (C=O) groups is 2. The summed E-state index contributed by atoms with van der Waals surface area (Å²) in [5, 5.41) is 6.42. The van der Waals surface area contributed by atoms with Crippen LogP contribution in [0.25, 0.3) is 10.9 Å². The molecule has 1 atom stereocenters. The molecule has 1 saturated carbocycles. The van der Waals surface area contributed by atoms with Gasteiger partial charge in [-0.3, -0.25) is 18.7 Å². The van der Waals surface area contributed by atoms with Gasteiger partial charge in [-0.05, 0) is 75.4 Å². The third-order valence-corrected chi connectivity index (χ3v) is 7.52. The van der Waals surface area contributed by atoms with Crippen molar-refractivity contribution in [3.63, 3.8) is 0 Å². The minimum Gasteiger partial charge on any atom is -0.398 e. The molecule has 10 nitrogen and oxygen atoms in total. The van der Waals surface area contributed by atoms with Crippen LogP contribution in [0.3, 0.4) is 0 Å². The maximum absolute atomic E-state index is 13.3. The summed E-state index contributed by atoms with van der Waals surface area (Å²) in [5.74, 6) is -0.211. The van der Waals surface area contributed by atoms with Crippen molar-refractivity contribution >= 4 is 51.5 Å². The van der Waals surface area contributed by atoms with E-state index in [1.54, 1.807) is 45.9 Å². The molecule has 38 heavy (non-hydrogen) atoms. The lowest BCUT2D eigenvalue weighted by molar-refractivity contribution is -0.119. The van der Waals surface area contributed by atoms with E-state index in [9.17, 15) is 19.2 Å². The molecule has 2 fully saturated rings. The molecule has 5 rings (SSSR count). The first-order valence-corrected chi connectivity index (χ1v) is 13.2. The number of anilines is 3. The molecule has 1 aliphatic heterocycles. The molecule has 0 radical (unpaired) electrons. The van der Waals surface area contributed by atoms with Crippen LogP contribution in [0.15, 0.2) is 46.0 Å². The summed E-state index contributed by atoms with van der Waals surface area (Å²) < 4.78 is 2.95. The van der Waals surface area contributed by atoms with E-state index in [-0.39, 0.29) is 41.7 Å². The van der Waals surface area contributed by atoms with Gasteiger partial charge in [0.2, 0.25) is 5.91 Å². The van der Waals surface area contributed by atoms with Crippen molar-refractivity contribution in [3.05, 3.63) is 62.3 Å². The largest absolute Gasteiger partial charge is 0.398 e. The predicted molar refractivity (Wildman–Crippen MR) is 149 cm³/mol. The Hall–Kier alpha value is -3.79. The molecule has 0 spiro atoms. The third-order valence-electron chi connectivity index (χ3n) is 7.19. The monoisotopic (exact) mass is 538 g/mol. The predicted octanol–water partition coefficient (Wildman–Crippen LogP) is 3.88. The zero-order valence-corrected chi connectivity index (χ0v) is 22.1. The highest BCUT2D eigenvalue weighted by atomic mass is 35.5. The molecule has 11 heteroatoms. The number of nitrogens with zero attached hydrogens (tertiary/aromatic N) is 3. The molecule has 1 unspecified atom stereocenters. The van der Waals surface area contributed by atoms with Crippen LogP contribution in [-0.4, -0.2) is 39.1 Å². The van der Waals surface area contributed by atoms with Gasteiger partial charge in [-0.1, -0.05) is 11.6 Å². The van der Waals surface area contributed by atoms with E-state index in [0.29, 0.717) is 58.4 Å². The minimum absolute atomic E-state index is 0.131. The lowest BCUT2D eigenvalue weighted by atomic mass is 10.1. The Morgan fingerprint density at radius 1 is 1.05 bits per heavy atom. The number of urea groups is 1. The molecular formula is C27H31ClN6O4. The van der Waals surface area contributed by atoms with Gasteiger partial charge < -0.3 is 21.3 Å². The lowest BCUT2D eigenvalue weighted by Gasteiger charge is -2.19. The van der Waals surface area contributed by atoms with Crippen molar-refractivity contribution in [2.45, 2.75) is 45.7 Å². The molecule has 1 saturated heterocycles. The van der Waals surface area contributed by atoms with E-state index in [0.717, 1.165) is 12.8 Å². The van der Waals surface area contributed by atoms with Gasteiger partial charge in [-0.25, -0.2) is 9.59 Å². The quantitative estimate of drug-likeness (QED) is 0.410. The lowest BCUT2D eigenvalue weighted by Crippen LogP contribution is -2.41.